The van der Waals surface area contributed by atoms with E-state index in [2.05, 4.69) is 15.5 Å². The van der Waals surface area contributed by atoms with Gasteiger partial charge in [-0.15, -0.1) is 0 Å². The van der Waals surface area contributed by atoms with E-state index in [-0.39, 0.29) is 12.1 Å². The molecule has 0 radical (unpaired) electrons. The molecular formula is C13H23N3O2. The molecule has 1 aliphatic heterocycles. The first kappa shape index (κ1) is 13.5. The minimum absolute atomic E-state index is 0.246. The Morgan fingerprint density at radius 2 is 2.28 bits per heavy atom. The summed E-state index contributed by atoms with van der Waals surface area (Å²) < 4.78 is 10.7. The predicted molar refractivity (Wildman–Crippen MR) is 68.3 cm³/mol. The van der Waals surface area contributed by atoms with Crippen molar-refractivity contribution in [2.75, 3.05) is 13.2 Å². The zero-order chi connectivity index (χ0) is 12.8. The first-order valence-electron chi connectivity index (χ1n) is 6.93. The van der Waals surface area contributed by atoms with Crippen LogP contribution in [0, 0.1) is 0 Å². The van der Waals surface area contributed by atoms with E-state index >= 15 is 0 Å². The Kier molecular flexibility index (Phi) is 5.13. The highest BCUT2D eigenvalue weighted by Gasteiger charge is 2.19. The van der Waals surface area contributed by atoms with Crippen LogP contribution in [0.5, 0.6) is 0 Å². The first-order valence-corrected chi connectivity index (χ1v) is 6.93. The minimum Gasteiger partial charge on any atom is -0.378 e. The standard InChI is InChI=1S/C13H23N3O2/c1-10(2)17-9-7-12-15-13(16-18-12)11-6-4-3-5-8-14-11/h10-11,14H,3-9H2,1-2H3. The number of hydrogen-bond acceptors (Lipinski definition) is 5. The van der Waals surface area contributed by atoms with E-state index in [0.717, 1.165) is 18.8 Å². The molecule has 1 N–H and O–H groups in total. The predicted octanol–water partition coefficient (Wildman–Crippen LogP) is 2.24. The van der Waals surface area contributed by atoms with Crippen molar-refractivity contribution in [2.45, 2.75) is 58.1 Å². The third-order valence-electron chi connectivity index (χ3n) is 3.12. The summed E-state index contributed by atoms with van der Waals surface area (Å²) in [4.78, 5) is 4.45. The summed E-state index contributed by atoms with van der Waals surface area (Å²) in [5.74, 6) is 1.48. The van der Waals surface area contributed by atoms with Gasteiger partial charge < -0.3 is 14.6 Å². The van der Waals surface area contributed by atoms with Gasteiger partial charge in [-0.2, -0.15) is 4.98 Å². The third kappa shape index (κ3) is 4.07. The summed E-state index contributed by atoms with van der Waals surface area (Å²) in [6.45, 7) is 5.73. The van der Waals surface area contributed by atoms with Crippen molar-refractivity contribution < 1.29 is 9.26 Å². The normalized spacial score (nSPS) is 21.2. The van der Waals surface area contributed by atoms with E-state index < -0.39 is 0 Å². The topological polar surface area (TPSA) is 60.2 Å². The highest BCUT2D eigenvalue weighted by molar-refractivity contribution is 4.95. The Bertz CT molecular complexity index is 344. The van der Waals surface area contributed by atoms with E-state index in [1.165, 1.54) is 19.3 Å². The van der Waals surface area contributed by atoms with Crippen LogP contribution in [0.3, 0.4) is 0 Å². The van der Waals surface area contributed by atoms with Gasteiger partial charge in [-0.1, -0.05) is 18.0 Å². The number of aromatic nitrogens is 2. The second-order valence-corrected chi connectivity index (χ2v) is 5.07. The first-order chi connectivity index (χ1) is 8.75. The molecule has 1 saturated heterocycles. The lowest BCUT2D eigenvalue weighted by atomic mass is 10.1. The van der Waals surface area contributed by atoms with Crippen LogP contribution in [0.1, 0.15) is 57.3 Å². The lowest BCUT2D eigenvalue weighted by Crippen LogP contribution is -2.21. The van der Waals surface area contributed by atoms with Gasteiger partial charge in [0.2, 0.25) is 5.89 Å². The van der Waals surface area contributed by atoms with Crippen LogP contribution >= 0.6 is 0 Å². The molecule has 1 aromatic rings. The molecule has 2 heterocycles. The molecule has 5 nitrogen and oxygen atoms in total. The van der Waals surface area contributed by atoms with Gasteiger partial charge in [0.1, 0.15) is 0 Å². The molecule has 0 bridgehead atoms. The maximum absolute atomic E-state index is 5.48. The molecule has 5 heteroatoms. The van der Waals surface area contributed by atoms with E-state index in [1.807, 2.05) is 13.8 Å². The van der Waals surface area contributed by atoms with E-state index in [0.29, 0.717) is 18.9 Å². The van der Waals surface area contributed by atoms with Gasteiger partial charge in [-0.3, -0.25) is 0 Å². The van der Waals surface area contributed by atoms with Crippen molar-refractivity contribution in [2.24, 2.45) is 0 Å². The highest BCUT2D eigenvalue weighted by Crippen LogP contribution is 2.20. The van der Waals surface area contributed by atoms with Crippen LogP contribution in [-0.4, -0.2) is 29.4 Å². The third-order valence-corrected chi connectivity index (χ3v) is 3.12. The summed E-state index contributed by atoms with van der Waals surface area (Å²) in [5, 5.41) is 7.54. The lowest BCUT2D eigenvalue weighted by Gasteiger charge is -2.09. The fourth-order valence-corrected chi connectivity index (χ4v) is 2.14. The van der Waals surface area contributed by atoms with Crippen LogP contribution < -0.4 is 5.32 Å². The van der Waals surface area contributed by atoms with Gasteiger partial charge >= 0.3 is 0 Å². The van der Waals surface area contributed by atoms with Crippen LogP contribution in [0.25, 0.3) is 0 Å². The van der Waals surface area contributed by atoms with E-state index in [1.54, 1.807) is 0 Å². The minimum atomic E-state index is 0.246. The largest absolute Gasteiger partial charge is 0.378 e. The van der Waals surface area contributed by atoms with Gasteiger partial charge in [-0.05, 0) is 33.2 Å². The molecule has 1 unspecified atom stereocenters. The molecule has 102 valence electrons. The molecular weight excluding hydrogens is 230 g/mol. The van der Waals surface area contributed by atoms with Gasteiger partial charge in [0, 0.05) is 0 Å². The SMILES string of the molecule is CC(C)OCCc1nc(C2CCCCCN2)no1. The smallest absolute Gasteiger partial charge is 0.229 e. The van der Waals surface area contributed by atoms with E-state index in [4.69, 9.17) is 9.26 Å². The summed E-state index contributed by atoms with van der Waals surface area (Å²) in [6.07, 6.45) is 5.80. The molecule has 1 atom stereocenters. The van der Waals surface area contributed by atoms with Gasteiger partial charge in [0.05, 0.1) is 25.2 Å². The quantitative estimate of drug-likeness (QED) is 0.872. The van der Waals surface area contributed by atoms with Crippen molar-refractivity contribution in [1.82, 2.24) is 15.5 Å². The van der Waals surface area contributed by atoms with Gasteiger partial charge in [-0.25, -0.2) is 0 Å². The Morgan fingerprint density at radius 1 is 1.39 bits per heavy atom. The zero-order valence-corrected chi connectivity index (χ0v) is 11.3. The van der Waals surface area contributed by atoms with E-state index in [9.17, 15) is 0 Å². The molecule has 0 aliphatic carbocycles. The maximum atomic E-state index is 5.48. The Labute approximate surface area is 108 Å². The van der Waals surface area contributed by atoms with Gasteiger partial charge in [0.15, 0.2) is 5.82 Å². The van der Waals surface area contributed by atoms with Crippen LogP contribution in [0.15, 0.2) is 4.52 Å². The summed E-state index contributed by atoms with van der Waals surface area (Å²) in [6, 6.07) is 0.260. The van der Waals surface area contributed by atoms with Crippen LogP contribution in [-0.2, 0) is 11.2 Å². The number of nitrogens with one attached hydrogen (secondary N) is 1. The molecule has 18 heavy (non-hydrogen) atoms. The molecule has 1 aliphatic rings. The van der Waals surface area contributed by atoms with Crippen LogP contribution in [0.2, 0.25) is 0 Å². The van der Waals surface area contributed by atoms with Crippen LogP contribution in [0.4, 0.5) is 0 Å². The Balaban J connectivity index is 1.84. The average molecular weight is 253 g/mol. The monoisotopic (exact) mass is 253 g/mol. The summed E-state index contributed by atoms with van der Waals surface area (Å²) >= 11 is 0. The second kappa shape index (κ2) is 6.85. The maximum Gasteiger partial charge on any atom is 0.229 e. The number of hydrogen-bond donors (Lipinski definition) is 1. The average Bonchev–Trinajstić information content (AvgIpc) is 2.63. The Morgan fingerprint density at radius 3 is 3.11 bits per heavy atom. The lowest BCUT2D eigenvalue weighted by molar-refractivity contribution is 0.0773. The molecule has 0 spiro atoms. The number of ether oxygens (including phenoxy) is 1. The molecule has 1 fully saturated rings. The number of rotatable bonds is 5. The fraction of sp³-hybridized carbons (Fsp3) is 0.846. The van der Waals surface area contributed by atoms with Crippen molar-refractivity contribution in [3.05, 3.63) is 11.7 Å². The summed E-state index contributed by atoms with van der Waals surface area (Å²) in [7, 11) is 0. The van der Waals surface area contributed by atoms with Gasteiger partial charge in [0.25, 0.3) is 0 Å². The zero-order valence-electron chi connectivity index (χ0n) is 11.3. The molecule has 0 amide bonds. The molecule has 1 aromatic heterocycles. The van der Waals surface area contributed by atoms with Crippen molar-refractivity contribution in [3.8, 4) is 0 Å². The Hall–Kier alpha value is -0.940. The van der Waals surface area contributed by atoms with Crippen molar-refractivity contribution in [3.63, 3.8) is 0 Å². The molecule has 2 rings (SSSR count). The number of nitrogens with zero attached hydrogens (tertiary/aromatic N) is 2. The summed E-state index contributed by atoms with van der Waals surface area (Å²) in [5.41, 5.74) is 0. The molecule has 0 saturated carbocycles. The fourth-order valence-electron chi connectivity index (χ4n) is 2.14. The highest BCUT2D eigenvalue weighted by atomic mass is 16.5. The molecule has 0 aromatic carbocycles. The van der Waals surface area contributed by atoms with Crippen molar-refractivity contribution in [1.29, 1.82) is 0 Å². The van der Waals surface area contributed by atoms with Crippen molar-refractivity contribution >= 4 is 0 Å². The second-order valence-electron chi connectivity index (χ2n) is 5.07.